The van der Waals surface area contributed by atoms with E-state index in [0.717, 1.165) is 97.3 Å². The lowest BCUT2D eigenvalue weighted by Gasteiger charge is -2.46. The van der Waals surface area contributed by atoms with Gasteiger partial charge in [-0.15, -0.1) is 0 Å². The van der Waals surface area contributed by atoms with Gasteiger partial charge in [0, 0.05) is 79.3 Å². The molecule has 0 amide bonds. The number of nitrogens with zero attached hydrogens (tertiary/aromatic N) is 11. The highest BCUT2D eigenvalue weighted by Crippen LogP contribution is 2.56. The van der Waals surface area contributed by atoms with Gasteiger partial charge >= 0.3 is 0 Å². The molecule has 1 fully saturated rings. The van der Waals surface area contributed by atoms with Gasteiger partial charge in [0.1, 0.15) is 18.2 Å². The van der Waals surface area contributed by atoms with Crippen LogP contribution in [0, 0.1) is 69.5 Å². The van der Waals surface area contributed by atoms with Crippen molar-refractivity contribution in [3.8, 4) is 63.5 Å². The number of ketones is 3. The number of benzene rings is 3. The molecule has 10 atom stereocenters. The Morgan fingerprint density at radius 3 is 1.63 bits per heavy atom. The number of carbonyl (C=O) groups is 3. The number of nitriles is 3. The third kappa shape index (κ3) is 9.57. The van der Waals surface area contributed by atoms with E-state index in [0.29, 0.717) is 63.6 Å². The first kappa shape index (κ1) is 59.5. The van der Waals surface area contributed by atoms with Crippen LogP contribution in [0.3, 0.4) is 0 Å². The predicted octanol–water partition coefficient (Wildman–Crippen LogP) is 12.1. The van der Waals surface area contributed by atoms with E-state index in [1.165, 1.54) is 0 Å². The molecule has 464 valence electrons. The first-order chi connectivity index (χ1) is 44.9. The van der Waals surface area contributed by atoms with Crippen molar-refractivity contribution in [2.24, 2.45) is 35.5 Å². The fourth-order valence-corrected chi connectivity index (χ4v) is 19.6. The Morgan fingerprint density at radius 2 is 1.08 bits per heavy atom. The Hall–Kier alpha value is -9.76. The van der Waals surface area contributed by atoms with Crippen molar-refractivity contribution in [2.45, 2.75) is 121 Å². The van der Waals surface area contributed by atoms with Crippen molar-refractivity contribution in [2.75, 3.05) is 11.5 Å². The second-order valence-corrected chi connectivity index (χ2v) is 29.7. The van der Waals surface area contributed by atoms with Crippen LogP contribution < -0.4 is 0 Å². The molecule has 16 nitrogen and oxygen atoms in total. The van der Waals surface area contributed by atoms with Gasteiger partial charge in [0.15, 0.2) is 33.0 Å². The molecule has 1 unspecified atom stereocenters. The van der Waals surface area contributed by atoms with Gasteiger partial charge in [-0.25, -0.2) is 22.8 Å². The van der Waals surface area contributed by atoms with Gasteiger partial charge in [0.25, 0.3) is 0 Å². The zero-order chi connectivity index (χ0) is 64.3. The number of sulfone groups is 1. The van der Waals surface area contributed by atoms with Gasteiger partial charge < -0.3 is 0 Å². The Bertz CT molecular complexity index is 4770. The lowest BCUT2D eigenvalue weighted by molar-refractivity contribution is -0.123. The maximum atomic E-state index is 14.7. The van der Waals surface area contributed by atoms with E-state index in [-0.39, 0.29) is 75.3 Å². The number of fused-ring (bicyclic) bond motifs is 9. The van der Waals surface area contributed by atoms with Crippen molar-refractivity contribution in [3.05, 3.63) is 208 Å². The fourth-order valence-electron chi connectivity index (χ4n) is 17.9. The summed E-state index contributed by atoms with van der Waals surface area (Å²) >= 11 is 0. The van der Waals surface area contributed by atoms with Crippen molar-refractivity contribution in [3.63, 3.8) is 0 Å². The second kappa shape index (κ2) is 22.5. The molecule has 17 heteroatoms. The molecule has 0 radical (unpaired) electrons. The molecular formula is C76H69N11O5S. The quantitative estimate of drug-likeness (QED) is 0.111. The number of carbonyl (C=O) groups excluding carboxylic acids is 3. The first-order valence-electron chi connectivity index (χ1n) is 32.6. The van der Waals surface area contributed by atoms with Crippen LogP contribution in [-0.4, -0.2) is 76.6 Å². The molecule has 8 aromatic rings. The van der Waals surface area contributed by atoms with Crippen LogP contribution in [0.1, 0.15) is 117 Å². The molecule has 3 aromatic carbocycles. The molecule has 93 heavy (non-hydrogen) atoms. The Labute approximate surface area is 541 Å². The molecule has 6 aliphatic carbocycles. The highest BCUT2D eigenvalue weighted by molar-refractivity contribution is 7.91. The SMILES string of the molecule is C[C@H]1C(=O)C(C#N)=C[C@@]2(C)c3c(c(-c4ccccc4)nn3-c3ccc(CC[C@H]4C(=O)C(C#N)=C[C@@]5(C)c6c(c(-c7ccccc7)nn6-c6ccc(CC[C@H]7C(=O)C(C#N)=C[C@@]8(C)c9nn(C%10CCS(=O)(=O)C%10)c(-c%10ccccc%10)c9CC[C@H]78)cn6)CC[C@H]45)nc3)CC[C@H]12. The van der Waals surface area contributed by atoms with Crippen molar-refractivity contribution < 1.29 is 22.8 Å². The number of aromatic nitrogens is 8. The van der Waals surface area contributed by atoms with Crippen LogP contribution in [-0.2, 0) is 72.6 Å². The van der Waals surface area contributed by atoms with Crippen LogP contribution in [0.15, 0.2) is 163 Å². The highest BCUT2D eigenvalue weighted by Gasteiger charge is 2.55. The van der Waals surface area contributed by atoms with E-state index in [9.17, 15) is 38.6 Å². The molecular weight excluding hydrogens is 1180 g/mol. The third-order valence-corrected chi connectivity index (χ3v) is 24.1. The maximum absolute atomic E-state index is 14.7. The van der Waals surface area contributed by atoms with E-state index in [1.807, 2.05) is 155 Å². The summed E-state index contributed by atoms with van der Waals surface area (Å²) in [6.07, 6.45) is 15.8. The van der Waals surface area contributed by atoms with E-state index in [2.05, 4.69) is 51.1 Å². The van der Waals surface area contributed by atoms with Gasteiger partial charge in [-0.2, -0.15) is 31.1 Å². The number of pyridine rings is 2. The van der Waals surface area contributed by atoms with E-state index < -0.39 is 37.9 Å². The van der Waals surface area contributed by atoms with E-state index in [1.54, 1.807) is 0 Å². The minimum absolute atomic E-state index is 0.0154. The summed E-state index contributed by atoms with van der Waals surface area (Å²) in [7, 11) is -3.23. The monoisotopic (exact) mass is 1250 g/mol. The number of hydrogen-bond donors (Lipinski definition) is 0. The molecule has 1 saturated heterocycles. The van der Waals surface area contributed by atoms with Gasteiger partial charge in [-0.1, -0.05) is 143 Å². The third-order valence-electron chi connectivity index (χ3n) is 22.3. The summed E-state index contributed by atoms with van der Waals surface area (Å²) in [6, 6.07) is 44.6. The summed E-state index contributed by atoms with van der Waals surface area (Å²) < 4.78 is 31.6. The highest BCUT2D eigenvalue weighted by atomic mass is 32.2. The molecule has 6 heterocycles. The second-order valence-electron chi connectivity index (χ2n) is 27.4. The lowest BCUT2D eigenvalue weighted by Crippen LogP contribution is -2.47. The van der Waals surface area contributed by atoms with E-state index >= 15 is 0 Å². The van der Waals surface area contributed by atoms with Crippen molar-refractivity contribution in [1.82, 2.24) is 39.3 Å². The fraction of sp³-hybridized carbons (Fsp3) is 0.355. The summed E-state index contributed by atoms with van der Waals surface area (Å²) in [5.41, 5.74) is 12.0. The number of aryl methyl sites for hydroxylation is 2. The Kier molecular flexibility index (Phi) is 14.4. The number of rotatable bonds is 12. The summed E-state index contributed by atoms with van der Waals surface area (Å²) in [5, 5.41) is 47.5. The van der Waals surface area contributed by atoms with Crippen LogP contribution in [0.4, 0.5) is 0 Å². The van der Waals surface area contributed by atoms with Crippen LogP contribution in [0.25, 0.3) is 45.3 Å². The molecule has 1 aliphatic heterocycles. The largest absolute Gasteiger partial charge is 0.293 e. The van der Waals surface area contributed by atoms with Gasteiger partial charge in [-0.3, -0.25) is 24.0 Å². The topological polar surface area (TPSA) is 236 Å². The summed E-state index contributed by atoms with van der Waals surface area (Å²) in [6.45, 7) is 8.30. The van der Waals surface area contributed by atoms with Gasteiger partial charge in [0.2, 0.25) is 0 Å². The average Bonchev–Trinajstić information content (AvgIpc) is 1.65. The molecule has 5 aromatic heterocycles. The normalized spacial score (nSPS) is 27.3. The minimum Gasteiger partial charge on any atom is -0.293 e. The molecule has 7 aliphatic rings. The van der Waals surface area contributed by atoms with Gasteiger partial charge in [-0.05, 0) is 112 Å². The smallest absolute Gasteiger partial charge is 0.176 e. The number of hydrogen-bond acceptors (Lipinski definition) is 13. The molecule has 0 saturated carbocycles. The van der Waals surface area contributed by atoms with Gasteiger partial charge in [0.05, 0.1) is 80.3 Å². The number of allylic oxidation sites excluding steroid dienone is 6. The molecule has 0 bridgehead atoms. The van der Waals surface area contributed by atoms with Crippen LogP contribution >= 0.6 is 0 Å². The number of Topliss-reactive ketones (excluding diaryl/α,β-unsaturated/α-hetero) is 3. The minimum atomic E-state index is -3.23. The zero-order valence-electron chi connectivity index (χ0n) is 52.5. The average molecular weight is 1250 g/mol. The summed E-state index contributed by atoms with van der Waals surface area (Å²) in [4.78, 5) is 52.7. The van der Waals surface area contributed by atoms with Crippen molar-refractivity contribution in [1.29, 1.82) is 15.8 Å². The van der Waals surface area contributed by atoms with Crippen LogP contribution in [0.2, 0.25) is 0 Å². The Balaban J connectivity index is 0.714. The predicted molar refractivity (Wildman–Crippen MR) is 350 cm³/mol. The molecule has 0 spiro atoms. The standard InChI is InChI=1S/C76H69N11O5S/c1-45-61-30-27-58-65(47-14-8-5-9-15-47)82-86(72(58)75(61,3)37-50(39-77)68(45)88)54-24-22-53(80-43-54)23-26-57-63-31-28-59-66(48-16-10-6-11-17-48)83-87(73(59)76(63,4)38-52(41-79)70(57)90)64-33-21-46(42-81-64)20-25-56-62-32-29-60-67(49-18-12-7-13-19-49)85(55-34-35-93(91,92)44-55)84-71(60)74(62,2)36-51(40-78)69(56)89/h5-19,21-22,24,33,36-38,42-43,45,55-57,61-63H,20,23,25-32,34-35,44H2,1-4H3/t45-,55?,56-,57-,61-,62-,63-,74-,75-,76-/m1/s1. The van der Waals surface area contributed by atoms with Crippen LogP contribution in [0.5, 0.6) is 0 Å². The summed E-state index contributed by atoms with van der Waals surface area (Å²) in [5.74, 6) is -1.45. The van der Waals surface area contributed by atoms with Crippen molar-refractivity contribution >= 4 is 27.2 Å². The lowest BCUT2D eigenvalue weighted by atomic mass is 9.56. The maximum Gasteiger partial charge on any atom is 0.176 e. The Morgan fingerprint density at radius 1 is 0.548 bits per heavy atom. The first-order valence-corrected chi connectivity index (χ1v) is 34.4. The molecule has 0 N–H and O–H groups in total. The van der Waals surface area contributed by atoms with E-state index in [4.69, 9.17) is 25.3 Å². The molecule has 15 rings (SSSR count). The zero-order valence-corrected chi connectivity index (χ0v) is 53.3.